The average Bonchev–Trinajstić information content (AvgIpc) is 3.13. The molecule has 6 nitrogen and oxygen atoms in total. The number of anilines is 1. The molecule has 2 aromatic rings. The number of nitrogens with zero attached hydrogens (tertiary/aromatic N) is 6. The van der Waals surface area contributed by atoms with Gasteiger partial charge in [-0.25, -0.2) is 9.07 Å². The molecule has 1 atom stereocenters. The van der Waals surface area contributed by atoms with Crippen LogP contribution in [0.25, 0.3) is 0 Å². The molecular formula is C20H31FN6. The molecule has 0 spiro atoms. The molecule has 0 bridgehead atoms. The van der Waals surface area contributed by atoms with Crippen molar-refractivity contribution in [2.45, 2.75) is 58.5 Å². The Balaban J connectivity index is 1.74. The van der Waals surface area contributed by atoms with E-state index in [4.69, 9.17) is 0 Å². The topological polar surface area (TPSA) is 50.1 Å². The maximum absolute atomic E-state index is 13.2. The van der Waals surface area contributed by atoms with Crippen molar-refractivity contribution in [1.29, 1.82) is 0 Å². The van der Waals surface area contributed by atoms with Gasteiger partial charge in [0, 0.05) is 31.9 Å². The minimum atomic E-state index is -0.189. The molecule has 1 aromatic heterocycles. The number of unbranched alkanes of at least 4 members (excludes halogenated alkanes) is 1. The molecule has 7 heteroatoms. The Morgan fingerprint density at radius 2 is 1.74 bits per heavy atom. The maximum atomic E-state index is 13.2. The SMILES string of the molecule is CCCCC(c1nnnn1C(C)(C)C)N1CCN(c2ccc(F)cc2)CC1. The fourth-order valence-corrected chi connectivity index (χ4v) is 3.70. The molecule has 1 saturated heterocycles. The first-order valence-electron chi connectivity index (χ1n) is 9.93. The van der Waals surface area contributed by atoms with Gasteiger partial charge in [-0.05, 0) is 61.9 Å². The number of rotatable bonds is 6. The van der Waals surface area contributed by atoms with E-state index in [-0.39, 0.29) is 17.4 Å². The van der Waals surface area contributed by atoms with Crippen LogP contribution in [0.15, 0.2) is 24.3 Å². The second-order valence-electron chi connectivity index (χ2n) is 8.28. The van der Waals surface area contributed by atoms with E-state index in [2.05, 4.69) is 53.0 Å². The van der Waals surface area contributed by atoms with E-state index in [1.54, 1.807) is 0 Å². The van der Waals surface area contributed by atoms with Gasteiger partial charge in [0.1, 0.15) is 5.82 Å². The zero-order valence-corrected chi connectivity index (χ0v) is 16.9. The van der Waals surface area contributed by atoms with E-state index >= 15 is 0 Å². The second kappa shape index (κ2) is 8.33. The van der Waals surface area contributed by atoms with Crippen LogP contribution in [0, 0.1) is 5.82 Å². The zero-order chi connectivity index (χ0) is 19.4. The summed E-state index contributed by atoms with van der Waals surface area (Å²) in [4.78, 5) is 4.82. The standard InChI is InChI=1S/C20H31FN6/c1-5-6-7-18(19-22-23-24-27(19)20(2,3)4)26-14-12-25(13-15-26)17-10-8-16(21)9-11-17/h8-11,18H,5-7,12-15H2,1-4H3. The predicted octanol–water partition coefficient (Wildman–Crippen LogP) is 3.62. The van der Waals surface area contributed by atoms with Gasteiger partial charge in [0.2, 0.25) is 0 Å². The van der Waals surface area contributed by atoms with Crippen molar-refractivity contribution in [2.75, 3.05) is 31.1 Å². The normalized spacial score (nSPS) is 17.3. The zero-order valence-electron chi connectivity index (χ0n) is 16.9. The molecule has 3 rings (SSSR count). The Bertz CT molecular complexity index is 713. The van der Waals surface area contributed by atoms with Crippen LogP contribution in [0.2, 0.25) is 0 Å². The monoisotopic (exact) mass is 374 g/mol. The Morgan fingerprint density at radius 3 is 2.33 bits per heavy atom. The largest absolute Gasteiger partial charge is 0.369 e. The summed E-state index contributed by atoms with van der Waals surface area (Å²) < 4.78 is 15.2. The minimum Gasteiger partial charge on any atom is -0.369 e. The van der Waals surface area contributed by atoms with Gasteiger partial charge < -0.3 is 4.90 Å². The number of hydrogen-bond acceptors (Lipinski definition) is 5. The fourth-order valence-electron chi connectivity index (χ4n) is 3.70. The van der Waals surface area contributed by atoms with Crippen molar-refractivity contribution in [1.82, 2.24) is 25.1 Å². The second-order valence-corrected chi connectivity index (χ2v) is 8.28. The molecular weight excluding hydrogens is 343 g/mol. The number of halogens is 1. The highest BCUT2D eigenvalue weighted by Gasteiger charge is 2.31. The highest BCUT2D eigenvalue weighted by atomic mass is 19.1. The maximum Gasteiger partial charge on any atom is 0.168 e. The average molecular weight is 375 g/mol. The molecule has 0 radical (unpaired) electrons. The Hall–Kier alpha value is -2.02. The van der Waals surface area contributed by atoms with E-state index in [9.17, 15) is 4.39 Å². The molecule has 2 heterocycles. The van der Waals surface area contributed by atoms with Crippen molar-refractivity contribution >= 4 is 5.69 Å². The molecule has 1 aliphatic heterocycles. The molecule has 1 aromatic carbocycles. The smallest absolute Gasteiger partial charge is 0.168 e. The molecule has 27 heavy (non-hydrogen) atoms. The summed E-state index contributed by atoms with van der Waals surface area (Å²) in [5.74, 6) is 0.775. The van der Waals surface area contributed by atoms with Gasteiger partial charge in [0.05, 0.1) is 11.6 Å². The van der Waals surface area contributed by atoms with Gasteiger partial charge in [-0.15, -0.1) is 5.10 Å². The van der Waals surface area contributed by atoms with Crippen molar-refractivity contribution in [3.05, 3.63) is 35.9 Å². The minimum absolute atomic E-state index is 0.140. The summed E-state index contributed by atoms with van der Waals surface area (Å²) in [7, 11) is 0. The Labute approximate surface area is 161 Å². The van der Waals surface area contributed by atoms with Crippen LogP contribution in [0.3, 0.4) is 0 Å². The van der Waals surface area contributed by atoms with E-state index in [1.807, 2.05) is 16.8 Å². The summed E-state index contributed by atoms with van der Waals surface area (Å²) in [6.45, 7) is 12.4. The number of piperazine rings is 1. The lowest BCUT2D eigenvalue weighted by Gasteiger charge is -2.40. The van der Waals surface area contributed by atoms with Crippen molar-refractivity contribution < 1.29 is 4.39 Å². The lowest BCUT2D eigenvalue weighted by molar-refractivity contribution is 0.155. The highest BCUT2D eigenvalue weighted by Crippen LogP contribution is 2.29. The first-order chi connectivity index (χ1) is 12.9. The number of hydrogen-bond donors (Lipinski definition) is 0. The lowest BCUT2D eigenvalue weighted by atomic mass is 10.0. The van der Waals surface area contributed by atoms with Crippen LogP contribution < -0.4 is 4.90 Å². The van der Waals surface area contributed by atoms with Crippen LogP contribution in [0.4, 0.5) is 10.1 Å². The van der Waals surface area contributed by atoms with Crippen LogP contribution in [0.1, 0.15) is 58.8 Å². The van der Waals surface area contributed by atoms with Gasteiger partial charge in [-0.1, -0.05) is 19.8 Å². The van der Waals surface area contributed by atoms with Gasteiger partial charge in [-0.2, -0.15) is 0 Å². The van der Waals surface area contributed by atoms with Gasteiger partial charge in [0.15, 0.2) is 5.82 Å². The van der Waals surface area contributed by atoms with E-state index < -0.39 is 0 Å². The molecule has 1 unspecified atom stereocenters. The van der Waals surface area contributed by atoms with Crippen LogP contribution in [-0.2, 0) is 5.54 Å². The van der Waals surface area contributed by atoms with E-state index in [0.29, 0.717) is 0 Å². The third-order valence-electron chi connectivity index (χ3n) is 5.21. The van der Waals surface area contributed by atoms with Crippen molar-refractivity contribution in [2.24, 2.45) is 0 Å². The first-order valence-corrected chi connectivity index (χ1v) is 9.93. The van der Waals surface area contributed by atoms with Gasteiger partial charge in [-0.3, -0.25) is 4.90 Å². The Kier molecular flexibility index (Phi) is 6.09. The van der Waals surface area contributed by atoms with Crippen LogP contribution in [-0.4, -0.2) is 51.3 Å². The highest BCUT2D eigenvalue weighted by molar-refractivity contribution is 5.46. The summed E-state index contributed by atoms with van der Waals surface area (Å²) in [5.41, 5.74) is 0.944. The van der Waals surface area contributed by atoms with Crippen molar-refractivity contribution in [3.63, 3.8) is 0 Å². The van der Waals surface area contributed by atoms with E-state index in [1.165, 1.54) is 12.1 Å². The van der Waals surface area contributed by atoms with Crippen LogP contribution >= 0.6 is 0 Å². The number of tetrazole rings is 1. The lowest BCUT2D eigenvalue weighted by Crippen LogP contribution is -2.48. The number of aromatic nitrogens is 4. The molecule has 148 valence electrons. The third-order valence-corrected chi connectivity index (χ3v) is 5.21. The summed E-state index contributed by atoms with van der Waals surface area (Å²) in [5, 5.41) is 12.6. The molecule has 0 saturated carbocycles. The van der Waals surface area contributed by atoms with Gasteiger partial charge >= 0.3 is 0 Å². The molecule has 1 aliphatic rings. The number of benzene rings is 1. The third kappa shape index (κ3) is 4.64. The molecule has 0 N–H and O–H groups in total. The van der Waals surface area contributed by atoms with Gasteiger partial charge in [0.25, 0.3) is 0 Å². The molecule has 1 fully saturated rings. The Morgan fingerprint density at radius 1 is 1.07 bits per heavy atom. The first kappa shape index (κ1) is 19.7. The summed E-state index contributed by atoms with van der Waals surface area (Å²) >= 11 is 0. The fraction of sp³-hybridized carbons (Fsp3) is 0.650. The van der Waals surface area contributed by atoms with E-state index in [0.717, 1.165) is 57.0 Å². The van der Waals surface area contributed by atoms with Crippen LogP contribution in [0.5, 0.6) is 0 Å². The quantitative estimate of drug-likeness (QED) is 0.773. The molecule has 0 amide bonds. The predicted molar refractivity (Wildman–Crippen MR) is 105 cm³/mol. The molecule has 0 aliphatic carbocycles. The summed E-state index contributed by atoms with van der Waals surface area (Å²) in [6.07, 6.45) is 3.37. The summed E-state index contributed by atoms with van der Waals surface area (Å²) in [6, 6.07) is 7.01. The van der Waals surface area contributed by atoms with Crippen molar-refractivity contribution in [3.8, 4) is 0 Å².